The molecule has 0 radical (unpaired) electrons. The van der Waals surface area contributed by atoms with Crippen LogP contribution in [0.3, 0.4) is 0 Å². The van der Waals surface area contributed by atoms with E-state index in [4.69, 9.17) is 16.3 Å². The van der Waals surface area contributed by atoms with Crippen LogP contribution in [0.25, 0.3) is 11.1 Å². The number of benzene rings is 2. The van der Waals surface area contributed by atoms with Gasteiger partial charge in [-0.3, -0.25) is 4.79 Å². The van der Waals surface area contributed by atoms with Gasteiger partial charge in [-0.25, -0.2) is 4.79 Å². The fourth-order valence-corrected chi connectivity index (χ4v) is 3.12. The normalized spacial score (nSPS) is 13.5. The molecule has 0 spiro atoms. The van der Waals surface area contributed by atoms with Crippen LogP contribution >= 0.6 is 11.6 Å². The highest BCUT2D eigenvalue weighted by Gasteiger charge is 2.29. The van der Waals surface area contributed by atoms with Crippen LogP contribution in [0.4, 0.5) is 4.79 Å². The van der Waals surface area contributed by atoms with E-state index < -0.39 is 17.4 Å². The molecule has 1 aliphatic rings. The highest BCUT2D eigenvalue weighted by atomic mass is 35.5. The molecule has 122 valence electrons. The third kappa shape index (κ3) is 3.05. The molecular formula is C19H16ClNO3. The number of carbonyl (C=O) groups is 2. The lowest BCUT2D eigenvalue weighted by atomic mass is 9.98. The number of ether oxygens (including phenoxy) is 1. The molecule has 1 aliphatic carbocycles. The Morgan fingerprint density at radius 3 is 2.17 bits per heavy atom. The van der Waals surface area contributed by atoms with Gasteiger partial charge in [0.1, 0.15) is 12.6 Å². The van der Waals surface area contributed by atoms with Crippen LogP contribution in [-0.4, -0.2) is 24.0 Å². The summed E-state index contributed by atoms with van der Waals surface area (Å²) in [6.07, 6.45) is 0.562. The van der Waals surface area contributed by atoms with Gasteiger partial charge < -0.3 is 10.1 Å². The first kappa shape index (κ1) is 16.3. The quantitative estimate of drug-likeness (QED) is 0.664. The third-order valence-electron chi connectivity index (χ3n) is 4.10. The molecule has 0 aliphatic heterocycles. The molecule has 1 N–H and O–H groups in total. The fourth-order valence-electron chi connectivity index (χ4n) is 2.98. The van der Waals surface area contributed by atoms with Gasteiger partial charge in [0.15, 0.2) is 0 Å². The molecule has 0 aromatic heterocycles. The Hall–Kier alpha value is -2.59. The summed E-state index contributed by atoms with van der Waals surface area (Å²) in [5.41, 5.74) is 4.56. The molecule has 0 saturated heterocycles. The highest BCUT2D eigenvalue weighted by molar-refractivity contribution is 6.65. The number of halogens is 1. The van der Waals surface area contributed by atoms with E-state index in [0.717, 1.165) is 22.3 Å². The minimum atomic E-state index is -0.956. The number of hydrogen-bond donors (Lipinski definition) is 1. The number of alkyl carbamates (subject to hydrolysis) is 1. The average molecular weight is 342 g/mol. The van der Waals surface area contributed by atoms with Gasteiger partial charge in [0.2, 0.25) is 5.24 Å². The number of rotatable bonds is 5. The molecule has 3 rings (SSSR count). The summed E-state index contributed by atoms with van der Waals surface area (Å²) in [6.45, 7) is 3.64. The van der Waals surface area contributed by atoms with Crippen LogP contribution in [0.2, 0.25) is 0 Å². The van der Waals surface area contributed by atoms with Crippen LogP contribution in [0, 0.1) is 0 Å². The van der Waals surface area contributed by atoms with Crippen molar-refractivity contribution < 1.29 is 14.3 Å². The van der Waals surface area contributed by atoms with Crippen molar-refractivity contribution in [1.29, 1.82) is 0 Å². The zero-order valence-corrected chi connectivity index (χ0v) is 13.6. The summed E-state index contributed by atoms with van der Waals surface area (Å²) in [5.74, 6) is -0.0305. The Labute approximate surface area is 145 Å². The molecular weight excluding hydrogens is 326 g/mol. The lowest BCUT2D eigenvalue weighted by Crippen LogP contribution is -2.38. The summed E-state index contributed by atoms with van der Waals surface area (Å²) < 4.78 is 5.31. The summed E-state index contributed by atoms with van der Waals surface area (Å²) >= 11 is 5.37. The minimum absolute atomic E-state index is 0.0305. The number of nitrogens with one attached hydrogen (secondary N) is 1. The second kappa shape index (κ2) is 6.89. The predicted octanol–water partition coefficient (Wildman–Crippen LogP) is 3.85. The van der Waals surface area contributed by atoms with E-state index in [2.05, 4.69) is 24.0 Å². The predicted molar refractivity (Wildman–Crippen MR) is 93.0 cm³/mol. The van der Waals surface area contributed by atoms with Crippen LogP contribution < -0.4 is 5.32 Å². The second-order valence-corrected chi connectivity index (χ2v) is 5.86. The van der Waals surface area contributed by atoms with Crippen LogP contribution in [0.5, 0.6) is 0 Å². The summed E-state index contributed by atoms with van der Waals surface area (Å²) in [4.78, 5) is 23.0. The SMILES string of the molecule is C=CC(NC(=O)OCC1c2ccccc2-c2ccccc21)C(=O)Cl. The summed E-state index contributed by atoms with van der Waals surface area (Å²) in [7, 11) is 0. The average Bonchev–Trinajstić information content (AvgIpc) is 2.91. The maximum Gasteiger partial charge on any atom is 0.408 e. The van der Waals surface area contributed by atoms with Crippen molar-refractivity contribution >= 4 is 22.9 Å². The lowest BCUT2D eigenvalue weighted by Gasteiger charge is -2.16. The van der Waals surface area contributed by atoms with E-state index in [-0.39, 0.29) is 12.5 Å². The largest absolute Gasteiger partial charge is 0.449 e. The molecule has 0 fully saturated rings. The Balaban J connectivity index is 1.75. The van der Waals surface area contributed by atoms with Crippen LogP contribution in [0.1, 0.15) is 17.0 Å². The van der Waals surface area contributed by atoms with Crippen molar-refractivity contribution in [2.45, 2.75) is 12.0 Å². The van der Waals surface area contributed by atoms with Crippen molar-refractivity contribution in [2.75, 3.05) is 6.61 Å². The monoisotopic (exact) mass is 341 g/mol. The van der Waals surface area contributed by atoms with Crippen molar-refractivity contribution in [3.05, 3.63) is 72.3 Å². The molecule has 0 saturated carbocycles. The molecule has 4 nitrogen and oxygen atoms in total. The van der Waals surface area contributed by atoms with Gasteiger partial charge in [0, 0.05) is 5.92 Å². The first-order valence-corrected chi connectivity index (χ1v) is 7.93. The van der Waals surface area contributed by atoms with Crippen LogP contribution in [0.15, 0.2) is 61.2 Å². The molecule has 0 bridgehead atoms. The molecule has 1 atom stereocenters. The van der Waals surface area contributed by atoms with Gasteiger partial charge in [0.25, 0.3) is 0 Å². The van der Waals surface area contributed by atoms with Crippen molar-refractivity contribution in [3.63, 3.8) is 0 Å². The maximum absolute atomic E-state index is 11.9. The Kier molecular flexibility index (Phi) is 4.67. The van der Waals surface area contributed by atoms with Gasteiger partial charge in [-0.15, -0.1) is 6.58 Å². The van der Waals surface area contributed by atoms with Crippen molar-refractivity contribution in [1.82, 2.24) is 5.32 Å². The molecule has 0 heterocycles. The van der Waals surface area contributed by atoms with Crippen molar-refractivity contribution in [3.8, 4) is 11.1 Å². The number of fused-ring (bicyclic) bond motifs is 3. The van der Waals surface area contributed by atoms with E-state index in [1.54, 1.807) is 0 Å². The zero-order valence-electron chi connectivity index (χ0n) is 12.9. The molecule has 5 heteroatoms. The van der Waals surface area contributed by atoms with E-state index in [1.165, 1.54) is 6.08 Å². The van der Waals surface area contributed by atoms with Gasteiger partial charge in [-0.05, 0) is 33.9 Å². The second-order valence-electron chi connectivity index (χ2n) is 5.49. The van der Waals surface area contributed by atoms with E-state index in [0.29, 0.717) is 0 Å². The highest BCUT2D eigenvalue weighted by Crippen LogP contribution is 2.44. The summed E-state index contributed by atoms with van der Waals surface area (Å²) in [6, 6.07) is 15.2. The Morgan fingerprint density at radius 2 is 1.67 bits per heavy atom. The van der Waals surface area contributed by atoms with Gasteiger partial charge in [-0.2, -0.15) is 0 Å². The first-order valence-electron chi connectivity index (χ1n) is 7.55. The topological polar surface area (TPSA) is 55.4 Å². The Morgan fingerprint density at radius 1 is 1.12 bits per heavy atom. The smallest absolute Gasteiger partial charge is 0.408 e. The summed E-state index contributed by atoms with van der Waals surface area (Å²) in [5, 5.41) is 1.67. The maximum atomic E-state index is 11.9. The fraction of sp³-hybridized carbons (Fsp3) is 0.158. The molecule has 2 aromatic rings. The molecule has 24 heavy (non-hydrogen) atoms. The van der Waals surface area contributed by atoms with E-state index in [9.17, 15) is 9.59 Å². The molecule has 2 aromatic carbocycles. The van der Waals surface area contributed by atoms with Gasteiger partial charge in [0.05, 0.1) is 0 Å². The third-order valence-corrected chi connectivity index (χ3v) is 4.33. The van der Waals surface area contributed by atoms with E-state index in [1.807, 2.05) is 36.4 Å². The first-order chi connectivity index (χ1) is 11.6. The van der Waals surface area contributed by atoms with Crippen molar-refractivity contribution in [2.24, 2.45) is 0 Å². The zero-order chi connectivity index (χ0) is 17.1. The Bertz CT molecular complexity index is 757. The molecule has 1 unspecified atom stereocenters. The van der Waals surface area contributed by atoms with Crippen LogP contribution in [-0.2, 0) is 9.53 Å². The standard InChI is InChI=1S/C19H16ClNO3/c1-2-17(18(20)22)21-19(23)24-11-16-14-9-5-3-7-12(14)13-8-4-6-10-15(13)16/h2-10,16-17H,1,11H2,(H,21,23). The minimum Gasteiger partial charge on any atom is -0.449 e. The number of carbonyl (C=O) groups excluding carboxylic acids is 2. The molecule has 1 amide bonds. The van der Waals surface area contributed by atoms with Gasteiger partial charge in [-0.1, -0.05) is 54.6 Å². The number of hydrogen-bond acceptors (Lipinski definition) is 3. The van der Waals surface area contributed by atoms with E-state index >= 15 is 0 Å². The number of amides is 1. The lowest BCUT2D eigenvalue weighted by molar-refractivity contribution is -0.112. The van der Waals surface area contributed by atoms with Gasteiger partial charge >= 0.3 is 6.09 Å².